The number of carbonyl (C=O) groups is 2. The van der Waals surface area contributed by atoms with Gasteiger partial charge in [0.1, 0.15) is 23.0 Å². The van der Waals surface area contributed by atoms with Gasteiger partial charge in [0.15, 0.2) is 5.60 Å². The van der Waals surface area contributed by atoms with E-state index in [9.17, 15) is 19.8 Å². The zero-order valence-electron chi connectivity index (χ0n) is 18.9. The molecule has 2 heterocycles. The summed E-state index contributed by atoms with van der Waals surface area (Å²) in [5.74, 6) is 0.356. The van der Waals surface area contributed by atoms with Crippen LogP contribution in [-0.2, 0) is 10.3 Å². The van der Waals surface area contributed by atoms with Gasteiger partial charge < -0.3 is 25.0 Å². The summed E-state index contributed by atoms with van der Waals surface area (Å²) in [6.45, 7) is 4.84. The molecule has 0 aromatic heterocycles. The van der Waals surface area contributed by atoms with Crippen molar-refractivity contribution in [2.75, 3.05) is 6.54 Å². The minimum Gasteiger partial charge on any atom is -0.508 e. The lowest BCUT2D eigenvalue weighted by Gasteiger charge is -2.36. The number of rotatable bonds is 5. The van der Waals surface area contributed by atoms with Crippen LogP contribution >= 0.6 is 0 Å². The van der Waals surface area contributed by atoms with Gasteiger partial charge in [-0.1, -0.05) is 13.8 Å². The second kappa shape index (κ2) is 8.09. The molecule has 3 aromatic carbocycles. The van der Waals surface area contributed by atoms with Crippen molar-refractivity contribution in [1.29, 1.82) is 0 Å². The summed E-state index contributed by atoms with van der Waals surface area (Å²) in [5.41, 5.74) is 0.916. The predicted molar refractivity (Wildman–Crippen MR) is 124 cm³/mol. The lowest BCUT2D eigenvalue weighted by Crippen LogP contribution is -2.33. The highest BCUT2D eigenvalue weighted by Crippen LogP contribution is 2.57. The van der Waals surface area contributed by atoms with Crippen LogP contribution < -0.4 is 10.1 Å². The summed E-state index contributed by atoms with van der Waals surface area (Å²) in [4.78, 5) is 25.9. The van der Waals surface area contributed by atoms with Crippen LogP contribution in [0.4, 0.5) is 0 Å². The maximum Gasteiger partial charge on any atom is 0.340 e. The van der Waals surface area contributed by atoms with Gasteiger partial charge in [-0.2, -0.15) is 0 Å². The number of hydrogen-bond donors (Lipinski definition) is 3. The summed E-state index contributed by atoms with van der Waals surface area (Å²) in [5, 5.41) is 23.0. The molecule has 0 saturated heterocycles. The van der Waals surface area contributed by atoms with Crippen molar-refractivity contribution in [3.8, 4) is 23.0 Å². The fraction of sp³-hybridized carbons (Fsp3) is 0.259. The van der Waals surface area contributed by atoms with Crippen LogP contribution in [0.2, 0.25) is 0 Å². The van der Waals surface area contributed by atoms with E-state index in [2.05, 4.69) is 19.2 Å². The van der Waals surface area contributed by atoms with Crippen LogP contribution in [0.5, 0.6) is 23.0 Å². The van der Waals surface area contributed by atoms with E-state index in [-0.39, 0.29) is 17.4 Å². The third-order valence-electron chi connectivity index (χ3n) is 6.28. The SMILES string of the molecule is CC(C)CCCNC(=O)c1ccc2c(c1)C1(OC2=O)c2ccc(O)cc2Oc2cc(O)ccc21. The second-order valence-electron chi connectivity index (χ2n) is 9.09. The Labute approximate surface area is 197 Å². The van der Waals surface area contributed by atoms with Gasteiger partial charge >= 0.3 is 5.97 Å². The Morgan fingerprint density at radius 3 is 2.21 bits per heavy atom. The Morgan fingerprint density at radius 2 is 1.59 bits per heavy atom. The molecule has 0 atom stereocenters. The van der Waals surface area contributed by atoms with E-state index in [1.54, 1.807) is 30.3 Å². The highest BCUT2D eigenvalue weighted by atomic mass is 16.6. The summed E-state index contributed by atoms with van der Waals surface area (Å²) >= 11 is 0. The number of ether oxygens (including phenoxy) is 2. The Balaban J connectivity index is 1.62. The molecular formula is C27H25NO6. The molecule has 3 N–H and O–H groups in total. The summed E-state index contributed by atoms with van der Waals surface area (Å²) in [6, 6.07) is 14.0. The molecule has 7 heteroatoms. The Hall–Kier alpha value is -4.00. The third kappa shape index (κ3) is 3.44. The van der Waals surface area contributed by atoms with E-state index in [0.717, 1.165) is 12.8 Å². The molecule has 0 fully saturated rings. The molecule has 174 valence electrons. The molecule has 0 radical (unpaired) electrons. The van der Waals surface area contributed by atoms with Gasteiger partial charge in [0.2, 0.25) is 0 Å². The van der Waals surface area contributed by atoms with Crippen molar-refractivity contribution in [2.45, 2.75) is 32.3 Å². The lowest BCUT2D eigenvalue weighted by atomic mass is 9.77. The van der Waals surface area contributed by atoms with Crippen LogP contribution in [0.1, 0.15) is 64.1 Å². The standard InChI is InChI=1S/C27H25NO6/c1-15(2)4-3-11-28-25(31)16-5-8-19-22(12-16)27(34-26(19)32)20-9-6-17(29)13-23(20)33-24-14-18(30)7-10-21(24)27/h5-10,12-15,29-30H,3-4,11H2,1-2H3,(H,28,31). The Morgan fingerprint density at radius 1 is 0.941 bits per heavy atom. The zero-order chi connectivity index (χ0) is 24.0. The third-order valence-corrected chi connectivity index (χ3v) is 6.28. The summed E-state index contributed by atoms with van der Waals surface area (Å²) in [6.07, 6.45) is 1.90. The van der Waals surface area contributed by atoms with E-state index < -0.39 is 11.6 Å². The fourth-order valence-corrected chi connectivity index (χ4v) is 4.65. The van der Waals surface area contributed by atoms with Crippen LogP contribution in [0, 0.1) is 5.92 Å². The number of fused-ring (bicyclic) bond motifs is 6. The summed E-state index contributed by atoms with van der Waals surface area (Å²) in [7, 11) is 0. The molecular weight excluding hydrogens is 434 g/mol. The van der Waals surface area contributed by atoms with Gasteiger partial charge in [0, 0.05) is 40.9 Å². The van der Waals surface area contributed by atoms with Crippen LogP contribution in [0.25, 0.3) is 0 Å². The molecule has 2 aliphatic heterocycles. The molecule has 0 saturated carbocycles. The molecule has 1 amide bonds. The molecule has 7 nitrogen and oxygen atoms in total. The van der Waals surface area contributed by atoms with Gasteiger partial charge in [0.25, 0.3) is 5.91 Å². The number of esters is 1. The Bertz CT molecular complexity index is 1260. The van der Waals surface area contributed by atoms with Crippen molar-refractivity contribution in [2.24, 2.45) is 5.92 Å². The largest absolute Gasteiger partial charge is 0.508 e. The fourth-order valence-electron chi connectivity index (χ4n) is 4.65. The van der Waals surface area contributed by atoms with Crippen LogP contribution in [0.3, 0.4) is 0 Å². The maximum absolute atomic E-state index is 13.0. The molecule has 0 unspecified atom stereocenters. The van der Waals surface area contributed by atoms with Gasteiger partial charge in [0.05, 0.1) is 5.56 Å². The highest BCUT2D eigenvalue weighted by molar-refractivity contribution is 6.00. The van der Waals surface area contributed by atoms with Crippen molar-refractivity contribution in [3.05, 3.63) is 82.4 Å². The van der Waals surface area contributed by atoms with Crippen molar-refractivity contribution in [3.63, 3.8) is 0 Å². The number of aromatic hydroxyl groups is 2. The number of amides is 1. The minimum atomic E-state index is -1.38. The topological polar surface area (TPSA) is 105 Å². The van der Waals surface area contributed by atoms with Gasteiger partial charge in [-0.3, -0.25) is 4.79 Å². The van der Waals surface area contributed by atoms with E-state index in [1.165, 1.54) is 24.3 Å². The quantitative estimate of drug-likeness (QED) is 0.373. The molecule has 2 aliphatic rings. The molecule has 5 rings (SSSR count). The van der Waals surface area contributed by atoms with Crippen LogP contribution in [-0.4, -0.2) is 28.6 Å². The van der Waals surface area contributed by atoms with Gasteiger partial charge in [-0.25, -0.2) is 4.79 Å². The van der Waals surface area contributed by atoms with Crippen molar-refractivity contribution in [1.82, 2.24) is 5.32 Å². The number of hydrogen-bond acceptors (Lipinski definition) is 6. The van der Waals surface area contributed by atoms with E-state index in [1.807, 2.05) is 0 Å². The van der Waals surface area contributed by atoms with E-state index >= 15 is 0 Å². The first kappa shape index (κ1) is 21.8. The molecule has 34 heavy (non-hydrogen) atoms. The first-order chi connectivity index (χ1) is 16.3. The highest BCUT2D eigenvalue weighted by Gasteiger charge is 2.53. The second-order valence-corrected chi connectivity index (χ2v) is 9.09. The molecule has 0 aliphatic carbocycles. The molecule has 1 spiro atoms. The first-order valence-corrected chi connectivity index (χ1v) is 11.3. The average molecular weight is 459 g/mol. The van der Waals surface area contributed by atoms with Crippen LogP contribution in [0.15, 0.2) is 54.6 Å². The monoisotopic (exact) mass is 459 g/mol. The van der Waals surface area contributed by atoms with E-state index in [4.69, 9.17) is 9.47 Å². The normalized spacial score (nSPS) is 14.7. The maximum atomic E-state index is 13.0. The minimum absolute atomic E-state index is 0.0171. The van der Waals surface area contributed by atoms with Gasteiger partial charge in [-0.15, -0.1) is 0 Å². The molecule has 0 bridgehead atoms. The first-order valence-electron chi connectivity index (χ1n) is 11.3. The average Bonchev–Trinajstić information content (AvgIpc) is 3.08. The number of nitrogens with one attached hydrogen (secondary N) is 1. The molecule has 3 aromatic rings. The van der Waals surface area contributed by atoms with Crippen molar-refractivity contribution < 1.29 is 29.3 Å². The number of phenols is 2. The smallest absolute Gasteiger partial charge is 0.340 e. The lowest BCUT2D eigenvalue weighted by molar-refractivity contribution is 0.0224. The van der Waals surface area contributed by atoms with Crippen molar-refractivity contribution >= 4 is 11.9 Å². The van der Waals surface area contributed by atoms with E-state index in [0.29, 0.717) is 51.8 Å². The number of benzene rings is 3. The Kier molecular flexibility index (Phi) is 5.20. The van der Waals surface area contributed by atoms with Gasteiger partial charge in [-0.05, 0) is 61.2 Å². The summed E-state index contributed by atoms with van der Waals surface area (Å²) < 4.78 is 12.0. The number of phenolic OH excluding ortho intramolecular Hbond substituents is 2. The number of carbonyl (C=O) groups excluding carboxylic acids is 2. The predicted octanol–water partition coefficient (Wildman–Crippen LogP) is 4.83. The zero-order valence-corrected chi connectivity index (χ0v) is 18.9.